The number of fused-ring (bicyclic) bond motifs is 1. The quantitative estimate of drug-likeness (QED) is 0.347. The smallest absolute Gasteiger partial charge is 0.270 e. The molecule has 0 saturated heterocycles. The Morgan fingerprint density at radius 1 is 1.23 bits per heavy atom. The van der Waals surface area contributed by atoms with Crippen LogP contribution in [0.1, 0.15) is 41.2 Å². The zero-order valence-corrected chi connectivity index (χ0v) is 22.0. The van der Waals surface area contributed by atoms with Crippen molar-refractivity contribution in [1.82, 2.24) is 15.1 Å². The van der Waals surface area contributed by atoms with Crippen LogP contribution in [0.5, 0.6) is 0 Å². The topological polar surface area (TPSA) is 125 Å². The van der Waals surface area contributed by atoms with E-state index in [1.54, 1.807) is 17.8 Å². The first-order valence-electron chi connectivity index (χ1n) is 11.4. The van der Waals surface area contributed by atoms with E-state index in [9.17, 15) is 23.4 Å². The van der Waals surface area contributed by atoms with Gasteiger partial charge in [-0.15, -0.1) is 0 Å². The van der Waals surface area contributed by atoms with Gasteiger partial charge in [-0.3, -0.25) is 9.10 Å². The number of carbonyl (C=O) groups excluding carboxylic acids is 1. The third-order valence-corrected chi connectivity index (χ3v) is 7.98. The fourth-order valence-corrected chi connectivity index (χ4v) is 5.40. The molecule has 0 aliphatic heterocycles. The van der Waals surface area contributed by atoms with Gasteiger partial charge in [-0.1, -0.05) is 15.9 Å². The Labute approximate surface area is 212 Å². The molecule has 1 heterocycles. The number of hydrogen-bond donors (Lipinski definition) is 3. The van der Waals surface area contributed by atoms with Crippen molar-refractivity contribution in [2.75, 3.05) is 37.4 Å². The van der Waals surface area contributed by atoms with Crippen molar-refractivity contribution < 1.29 is 23.4 Å². The summed E-state index contributed by atoms with van der Waals surface area (Å²) in [6.45, 7) is -0.336. The highest BCUT2D eigenvalue weighted by Gasteiger charge is 2.32. The minimum atomic E-state index is -3.66. The lowest BCUT2D eigenvalue weighted by Gasteiger charge is -2.26. The maximum Gasteiger partial charge on any atom is 0.270 e. The highest BCUT2D eigenvalue weighted by molar-refractivity contribution is 9.10. The average molecular weight is 565 g/mol. The number of rotatable bonds is 10. The molecule has 3 aromatic rings. The highest BCUT2D eigenvalue weighted by atomic mass is 79.9. The van der Waals surface area contributed by atoms with E-state index in [-0.39, 0.29) is 31.6 Å². The van der Waals surface area contributed by atoms with Gasteiger partial charge in [0.1, 0.15) is 5.69 Å². The van der Waals surface area contributed by atoms with Gasteiger partial charge in [-0.2, -0.15) is 5.10 Å². The number of carbonyl (C=O) groups is 1. The molecular formula is C24H29BrN4O5S. The van der Waals surface area contributed by atoms with Crippen molar-refractivity contribution in [3.63, 3.8) is 0 Å². The van der Waals surface area contributed by atoms with Crippen molar-refractivity contribution in [1.29, 1.82) is 0 Å². The van der Waals surface area contributed by atoms with E-state index in [1.165, 1.54) is 4.31 Å². The third-order valence-electron chi connectivity index (χ3n) is 6.28. The first-order chi connectivity index (χ1) is 16.7. The molecule has 3 N–H and O–H groups in total. The van der Waals surface area contributed by atoms with Crippen LogP contribution in [0.4, 0.5) is 5.69 Å². The summed E-state index contributed by atoms with van der Waals surface area (Å²) in [4.78, 5) is 12.9. The third kappa shape index (κ3) is 5.37. The van der Waals surface area contributed by atoms with Gasteiger partial charge in [0.05, 0.1) is 23.1 Å². The number of benzene rings is 2. The zero-order valence-electron chi connectivity index (χ0n) is 19.6. The molecule has 9 nitrogen and oxygen atoms in total. The Morgan fingerprint density at radius 2 is 1.89 bits per heavy atom. The minimum Gasteiger partial charge on any atom is -0.396 e. The fourth-order valence-electron chi connectivity index (χ4n) is 4.19. The summed E-state index contributed by atoms with van der Waals surface area (Å²) >= 11 is 3.42. The molecule has 0 bridgehead atoms. The summed E-state index contributed by atoms with van der Waals surface area (Å²) in [6, 6.07) is 11.0. The van der Waals surface area contributed by atoms with Crippen LogP contribution in [0.25, 0.3) is 16.6 Å². The minimum absolute atomic E-state index is 0.117. The number of hydrogen-bond acceptors (Lipinski definition) is 6. The maximum atomic E-state index is 12.9. The molecule has 35 heavy (non-hydrogen) atoms. The van der Waals surface area contributed by atoms with E-state index in [2.05, 4.69) is 21.2 Å². The number of anilines is 1. The van der Waals surface area contributed by atoms with Crippen molar-refractivity contribution in [3.05, 3.63) is 52.1 Å². The summed E-state index contributed by atoms with van der Waals surface area (Å²) in [6.07, 6.45) is 3.32. The van der Waals surface area contributed by atoms with E-state index in [1.807, 2.05) is 30.3 Å². The van der Waals surface area contributed by atoms with E-state index in [0.717, 1.165) is 29.1 Å². The van der Waals surface area contributed by atoms with E-state index in [4.69, 9.17) is 5.10 Å². The first-order valence-corrected chi connectivity index (χ1v) is 14.1. The van der Waals surface area contributed by atoms with Gasteiger partial charge < -0.3 is 15.5 Å². The number of nitrogens with one attached hydrogen (secondary N) is 1. The molecule has 0 atom stereocenters. The van der Waals surface area contributed by atoms with E-state index in [0.29, 0.717) is 34.4 Å². The Kier molecular flexibility index (Phi) is 7.51. The highest BCUT2D eigenvalue weighted by Crippen LogP contribution is 2.46. The van der Waals surface area contributed by atoms with Crippen LogP contribution in [0, 0.1) is 5.92 Å². The molecule has 0 radical (unpaired) electrons. The number of amides is 1. The molecule has 0 unspecified atom stereocenters. The van der Waals surface area contributed by atoms with Crippen LogP contribution >= 0.6 is 15.9 Å². The molecule has 1 fully saturated rings. The second-order valence-corrected chi connectivity index (χ2v) is 11.7. The van der Waals surface area contributed by atoms with Crippen LogP contribution in [0.15, 0.2) is 40.9 Å². The molecular weight excluding hydrogens is 536 g/mol. The molecule has 1 amide bonds. The normalized spacial score (nSPS) is 14.0. The van der Waals surface area contributed by atoms with Gasteiger partial charge in [-0.05, 0) is 67.1 Å². The number of aliphatic hydroxyl groups excluding tert-OH is 2. The molecule has 188 valence electrons. The standard InChI is InChI=1S/C24H29BrN4O5S/c1-26-24(32)23-20-11-19(16-3-4-16)22(28(35(2,33)34)10-9-15(13-30)14-31)12-21(20)27-29(23)18-7-5-17(25)6-8-18/h5-8,11-12,15-16,30-31H,3-4,9-10,13-14H2,1-2H3,(H,26,32). The van der Waals surface area contributed by atoms with Gasteiger partial charge in [0.15, 0.2) is 0 Å². The van der Waals surface area contributed by atoms with Crippen LogP contribution in [-0.4, -0.2) is 67.4 Å². The average Bonchev–Trinajstić information content (AvgIpc) is 3.61. The summed E-state index contributed by atoms with van der Waals surface area (Å²) in [7, 11) is -2.09. The van der Waals surface area contributed by atoms with Crippen LogP contribution in [0.3, 0.4) is 0 Å². The second-order valence-electron chi connectivity index (χ2n) is 8.87. The molecule has 0 spiro atoms. The van der Waals surface area contributed by atoms with Crippen LogP contribution < -0.4 is 9.62 Å². The molecule has 2 aromatic carbocycles. The Balaban J connectivity index is 1.91. The van der Waals surface area contributed by atoms with Crippen molar-refractivity contribution >= 4 is 48.5 Å². The number of aliphatic hydroxyl groups is 2. The predicted octanol–water partition coefficient (Wildman–Crippen LogP) is 2.78. The number of sulfonamides is 1. The molecule has 1 saturated carbocycles. The number of halogens is 1. The summed E-state index contributed by atoms with van der Waals surface area (Å²) < 4.78 is 29.5. The lowest BCUT2D eigenvalue weighted by Crippen LogP contribution is -2.33. The molecule has 1 aliphatic rings. The van der Waals surface area contributed by atoms with E-state index >= 15 is 0 Å². The van der Waals surface area contributed by atoms with Crippen LogP contribution in [0.2, 0.25) is 0 Å². The lowest BCUT2D eigenvalue weighted by atomic mass is 10.0. The first kappa shape index (κ1) is 25.6. The monoisotopic (exact) mass is 564 g/mol. The van der Waals surface area contributed by atoms with Gasteiger partial charge in [0, 0.05) is 42.6 Å². The Bertz CT molecular complexity index is 1330. The zero-order chi connectivity index (χ0) is 25.3. The van der Waals surface area contributed by atoms with Gasteiger partial charge in [0.2, 0.25) is 10.0 Å². The summed E-state index contributed by atoms with van der Waals surface area (Å²) in [5.41, 5.74) is 2.96. The Morgan fingerprint density at radius 3 is 2.43 bits per heavy atom. The lowest BCUT2D eigenvalue weighted by molar-refractivity contribution is 0.0957. The van der Waals surface area contributed by atoms with E-state index < -0.39 is 15.9 Å². The predicted molar refractivity (Wildman–Crippen MR) is 139 cm³/mol. The van der Waals surface area contributed by atoms with Gasteiger partial charge in [-0.25, -0.2) is 13.1 Å². The largest absolute Gasteiger partial charge is 0.396 e. The van der Waals surface area contributed by atoms with Gasteiger partial charge in [0.25, 0.3) is 5.91 Å². The maximum absolute atomic E-state index is 12.9. The second kappa shape index (κ2) is 10.3. The van der Waals surface area contributed by atoms with Crippen molar-refractivity contribution in [3.8, 4) is 5.69 Å². The van der Waals surface area contributed by atoms with Gasteiger partial charge >= 0.3 is 0 Å². The molecule has 11 heteroatoms. The number of aromatic nitrogens is 2. The van der Waals surface area contributed by atoms with Crippen molar-refractivity contribution in [2.24, 2.45) is 5.92 Å². The fraction of sp³-hybridized carbons (Fsp3) is 0.417. The van der Waals surface area contributed by atoms with Crippen molar-refractivity contribution in [2.45, 2.75) is 25.2 Å². The molecule has 4 rings (SSSR count). The summed E-state index contributed by atoms with van der Waals surface area (Å²) in [5, 5.41) is 27.0. The molecule has 1 aromatic heterocycles. The Hall–Kier alpha value is -2.47. The SMILES string of the molecule is CNC(=O)c1c2cc(C3CC3)c(N(CCC(CO)CO)S(C)(=O)=O)cc2nn1-c1ccc(Br)cc1. The van der Waals surface area contributed by atoms with Crippen LogP contribution in [-0.2, 0) is 10.0 Å². The number of nitrogens with zero attached hydrogens (tertiary/aromatic N) is 3. The summed E-state index contributed by atoms with van der Waals surface area (Å²) in [5.74, 6) is -0.513. The molecule has 1 aliphatic carbocycles.